The largest absolute Gasteiger partial charge is 0.336 e. The summed E-state index contributed by atoms with van der Waals surface area (Å²) < 4.78 is 17.7. The van der Waals surface area contributed by atoms with Gasteiger partial charge in [0.15, 0.2) is 0 Å². The van der Waals surface area contributed by atoms with Crippen molar-refractivity contribution in [3.8, 4) is 5.69 Å². The van der Waals surface area contributed by atoms with Crippen LogP contribution < -0.4 is 5.32 Å². The molecule has 0 saturated carbocycles. The maximum absolute atomic E-state index is 14.4. The first-order valence-electron chi connectivity index (χ1n) is 9.68. The van der Waals surface area contributed by atoms with E-state index >= 15 is 0 Å². The Balaban J connectivity index is 0.00000256. The highest BCUT2D eigenvalue weighted by Crippen LogP contribution is 2.24. The van der Waals surface area contributed by atoms with Crippen molar-refractivity contribution in [2.75, 3.05) is 19.6 Å². The highest BCUT2D eigenvalue weighted by molar-refractivity contribution is 5.91. The minimum atomic E-state index is -0.411. The fraction of sp³-hybridized carbons (Fsp3) is 0.400. The van der Waals surface area contributed by atoms with Gasteiger partial charge in [-0.15, -0.1) is 17.5 Å². The van der Waals surface area contributed by atoms with Gasteiger partial charge in [0.1, 0.15) is 29.2 Å². The van der Waals surface area contributed by atoms with Crippen LogP contribution >= 0.6 is 12.4 Å². The molecule has 4 rings (SSSR count). The Hall–Kier alpha value is -2.78. The van der Waals surface area contributed by atoms with E-state index in [0.29, 0.717) is 25.5 Å². The van der Waals surface area contributed by atoms with E-state index in [2.05, 4.69) is 20.4 Å². The number of amides is 1. The SMILES string of the molecule is CC(C)c1nc(C(=O)N2CCNCC2c2nccn2C)nn1-c1ccccc1F.Cl. The van der Waals surface area contributed by atoms with Gasteiger partial charge in [0.05, 0.1) is 0 Å². The molecule has 0 bridgehead atoms. The lowest BCUT2D eigenvalue weighted by molar-refractivity contribution is 0.0608. The number of hydrogen-bond donors (Lipinski definition) is 1. The number of rotatable bonds is 4. The highest BCUT2D eigenvalue weighted by atomic mass is 35.5. The highest BCUT2D eigenvalue weighted by Gasteiger charge is 2.33. The van der Waals surface area contributed by atoms with Crippen LogP contribution in [0.4, 0.5) is 4.39 Å². The van der Waals surface area contributed by atoms with Gasteiger partial charge in [0, 0.05) is 45.0 Å². The number of imidazole rings is 1. The van der Waals surface area contributed by atoms with Crippen molar-refractivity contribution in [2.24, 2.45) is 7.05 Å². The van der Waals surface area contributed by atoms with Gasteiger partial charge in [-0.2, -0.15) is 0 Å². The molecule has 3 aromatic rings. The molecule has 0 radical (unpaired) electrons. The van der Waals surface area contributed by atoms with Gasteiger partial charge in [-0.3, -0.25) is 4.79 Å². The van der Waals surface area contributed by atoms with Gasteiger partial charge in [-0.1, -0.05) is 26.0 Å². The standard InChI is InChI=1S/C20H24FN7O.ClH/c1-13(2)18-24-17(25-28(18)15-7-5-4-6-14(15)21)20(29)27-11-8-22-12-16(27)19-23-9-10-26(19)3;/h4-7,9-10,13,16,22H,8,11-12H2,1-3H3;1H. The lowest BCUT2D eigenvalue weighted by atomic mass is 10.1. The summed E-state index contributed by atoms with van der Waals surface area (Å²) in [5.41, 5.74) is 0.281. The number of halogens is 2. The van der Waals surface area contributed by atoms with Crippen LogP contribution in [0, 0.1) is 5.82 Å². The number of aryl methyl sites for hydroxylation is 1. The first-order chi connectivity index (χ1) is 14.0. The molecule has 0 aliphatic carbocycles. The molecule has 30 heavy (non-hydrogen) atoms. The Morgan fingerprint density at radius 2 is 2.07 bits per heavy atom. The lowest BCUT2D eigenvalue weighted by Crippen LogP contribution is -2.49. The topological polar surface area (TPSA) is 80.9 Å². The second kappa shape index (κ2) is 8.93. The van der Waals surface area contributed by atoms with Crippen LogP contribution in [0.15, 0.2) is 36.7 Å². The maximum Gasteiger partial charge on any atom is 0.294 e. The van der Waals surface area contributed by atoms with E-state index in [1.807, 2.05) is 31.7 Å². The smallest absolute Gasteiger partial charge is 0.294 e. The van der Waals surface area contributed by atoms with E-state index in [-0.39, 0.29) is 41.8 Å². The summed E-state index contributed by atoms with van der Waals surface area (Å²) in [7, 11) is 1.90. The average Bonchev–Trinajstić information content (AvgIpc) is 3.34. The van der Waals surface area contributed by atoms with Crippen molar-refractivity contribution < 1.29 is 9.18 Å². The quantitative estimate of drug-likeness (QED) is 0.683. The number of aromatic nitrogens is 5. The van der Waals surface area contributed by atoms with Gasteiger partial charge in [0.25, 0.3) is 5.91 Å². The number of hydrogen-bond acceptors (Lipinski definition) is 5. The normalized spacial score (nSPS) is 16.6. The minimum absolute atomic E-state index is 0. The Bertz CT molecular complexity index is 1030. The zero-order valence-corrected chi connectivity index (χ0v) is 17.9. The lowest BCUT2D eigenvalue weighted by Gasteiger charge is -2.35. The van der Waals surface area contributed by atoms with Gasteiger partial charge in [-0.05, 0) is 12.1 Å². The zero-order chi connectivity index (χ0) is 20.5. The number of nitrogens with one attached hydrogen (secondary N) is 1. The molecule has 8 nitrogen and oxygen atoms in total. The number of benzene rings is 1. The molecule has 1 amide bonds. The van der Waals surface area contributed by atoms with Gasteiger partial charge in [-0.25, -0.2) is 19.0 Å². The molecule has 1 unspecified atom stereocenters. The van der Waals surface area contributed by atoms with Gasteiger partial charge < -0.3 is 14.8 Å². The first kappa shape index (κ1) is 21.9. The van der Waals surface area contributed by atoms with Crippen molar-refractivity contribution in [3.63, 3.8) is 0 Å². The van der Waals surface area contributed by atoms with Gasteiger partial charge >= 0.3 is 0 Å². The van der Waals surface area contributed by atoms with Crippen LogP contribution in [0.3, 0.4) is 0 Å². The molecular formula is C20H25ClFN7O. The number of para-hydroxylation sites is 1. The van der Waals surface area contributed by atoms with Crippen molar-refractivity contribution in [3.05, 3.63) is 59.9 Å². The third-order valence-corrected chi connectivity index (χ3v) is 5.08. The molecule has 1 atom stereocenters. The number of nitrogens with zero attached hydrogens (tertiary/aromatic N) is 6. The predicted molar refractivity (Wildman–Crippen MR) is 113 cm³/mol. The van der Waals surface area contributed by atoms with Crippen LogP contribution in [0.2, 0.25) is 0 Å². The van der Waals surface area contributed by atoms with Crippen molar-refractivity contribution >= 4 is 18.3 Å². The summed E-state index contributed by atoms with van der Waals surface area (Å²) in [6.45, 7) is 5.68. The Labute approximate surface area is 180 Å². The zero-order valence-electron chi connectivity index (χ0n) is 17.1. The maximum atomic E-state index is 14.4. The third-order valence-electron chi connectivity index (χ3n) is 5.08. The second-order valence-corrected chi connectivity index (χ2v) is 7.43. The minimum Gasteiger partial charge on any atom is -0.336 e. The van der Waals surface area contributed by atoms with Crippen LogP contribution in [-0.2, 0) is 7.05 Å². The molecular weight excluding hydrogens is 409 g/mol. The summed E-state index contributed by atoms with van der Waals surface area (Å²) >= 11 is 0. The van der Waals surface area contributed by atoms with Crippen LogP contribution in [0.25, 0.3) is 5.69 Å². The number of carbonyl (C=O) groups excluding carboxylic acids is 1. The third kappa shape index (κ3) is 3.95. The molecule has 1 N–H and O–H groups in total. The molecule has 160 valence electrons. The molecule has 1 aliphatic rings. The molecule has 0 spiro atoms. The number of piperazine rings is 1. The molecule has 2 aromatic heterocycles. The predicted octanol–water partition coefficient (Wildman–Crippen LogP) is 2.47. The Kier molecular flexibility index (Phi) is 6.52. The Morgan fingerprint density at radius 1 is 1.30 bits per heavy atom. The molecule has 1 fully saturated rings. The van der Waals surface area contributed by atoms with Crippen LogP contribution in [0.1, 0.15) is 48.1 Å². The fourth-order valence-corrected chi connectivity index (χ4v) is 3.59. The summed E-state index contributed by atoms with van der Waals surface area (Å²) in [6.07, 6.45) is 3.57. The van der Waals surface area contributed by atoms with E-state index in [4.69, 9.17) is 0 Å². The fourth-order valence-electron chi connectivity index (χ4n) is 3.59. The summed E-state index contributed by atoms with van der Waals surface area (Å²) in [5, 5.41) is 7.71. The van der Waals surface area contributed by atoms with E-state index in [1.54, 1.807) is 29.3 Å². The van der Waals surface area contributed by atoms with Crippen LogP contribution in [-0.4, -0.2) is 54.8 Å². The summed E-state index contributed by atoms with van der Waals surface area (Å²) in [6, 6.07) is 6.13. The number of carbonyl (C=O) groups is 1. The van der Waals surface area contributed by atoms with Crippen LogP contribution in [0.5, 0.6) is 0 Å². The van der Waals surface area contributed by atoms with E-state index in [0.717, 1.165) is 5.82 Å². The van der Waals surface area contributed by atoms with E-state index in [1.165, 1.54) is 10.7 Å². The van der Waals surface area contributed by atoms with Crippen molar-refractivity contribution in [1.82, 2.24) is 34.5 Å². The molecule has 3 heterocycles. The summed E-state index contributed by atoms with van der Waals surface area (Å²) in [4.78, 5) is 24.0. The monoisotopic (exact) mass is 433 g/mol. The van der Waals surface area contributed by atoms with Crippen molar-refractivity contribution in [2.45, 2.75) is 25.8 Å². The Morgan fingerprint density at radius 3 is 2.73 bits per heavy atom. The second-order valence-electron chi connectivity index (χ2n) is 7.43. The van der Waals surface area contributed by atoms with E-state index < -0.39 is 5.82 Å². The van der Waals surface area contributed by atoms with Crippen molar-refractivity contribution in [1.29, 1.82) is 0 Å². The molecule has 1 aliphatic heterocycles. The molecule has 1 aromatic carbocycles. The first-order valence-corrected chi connectivity index (χ1v) is 9.68. The van der Waals surface area contributed by atoms with Gasteiger partial charge in [0.2, 0.25) is 5.82 Å². The summed E-state index contributed by atoms with van der Waals surface area (Å²) in [5.74, 6) is 0.684. The average molecular weight is 434 g/mol. The van der Waals surface area contributed by atoms with E-state index in [9.17, 15) is 9.18 Å². The molecule has 10 heteroatoms. The molecule has 1 saturated heterocycles.